The van der Waals surface area contributed by atoms with E-state index in [-0.39, 0.29) is 17.9 Å². The summed E-state index contributed by atoms with van der Waals surface area (Å²) in [6.07, 6.45) is 1.68. The molecule has 1 aromatic heterocycles. The summed E-state index contributed by atoms with van der Waals surface area (Å²) in [5.41, 5.74) is -0.882. The van der Waals surface area contributed by atoms with Gasteiger partial charge in [-0.15, -0.1) is 0 Å². The van der Waals surface area contributed by atoms with Gasteiger partial charge in [-0.25, -0.2) is 4.79 Å². The molecule has 0 saturated heterocycles. The van der Waals surface area contributed by atoms with Gasteiger partial charge in [-0.05, 0) is 18.6 Å². The average molecular weight is 350 g/mol. The van der Waals surface area contributed by atoms with Crippen molar-refractivity contribution in [3.63, 3.8) is 0 Å². The van der Waals surface area contributed by atoms with Crippen LogP contribution in [0.1, 0.15) is 6.42 Å². The zero-order chi connectivity index (χ0) is 17.4. The number of rotatable bonds is 7. The van der Waals surface area contributed by atoms with Crippen molar-refractivity contribution in [3.8, 4) is 5.75 Å². The van der Waals surface area contributed by atoms with Crippen molar-refractivity contribution in [2.24, 2.45) is 0 Å². The fraction of sp³-hybridized carbons (Fsp3) is 0.312. The van der Waals surface area contributed by atoms with Crippen molar-refractivity contribution in [1.29, 1.82) is 0 Å². The highest BCUT2D eigenvalue weighted by Gasteiger charge is 2.11. The van der Waals surface area contributed by atoms with Gasteiger partial charge in [0.05, 0.1) is 6.10 Å². The molecule has 8 heteroatoms. The summed E-state index contributed by atoms with van der Waals surface area (Å²) in [7, 11) is 1.55. The molecule has 0 aliphatic carbocycles. The SMILES string of the molecule is COC(CCn1ccc(=O)[nH]c1=O)COC(=S)Oc1ccccc1. The molecule has 0 spiro atoms. The van der Waals surface area contributed by atoms with Crippen molar-refractivity contribution in [3.05, 3.63) is 63.4 Å². The number of benzene rings is 1. The van der Waals surface area contributed by atoms with Crippen molar-refractivity contribution in [2.75, 3.05) is 13.7 Å². The summed E-state index contributed by atoms with van der Waals surface area (Å²) >= 11 is 5.02. The summed E-state index contributed by atoms with van der Waals surface area (Å²) in [4.78, 5) is 24.8. The Labute approximate surface area is 143 Å². The number of nitrogens with one attached hydrogen (secondary N) is 1. The number of hydrogen-bond donors (Lipinski definition) is 1. The van der Waals surface area contributed by atoms with Crippen LogP contribution in [0, 0.1) is 0 Å². The van der Waals surface area contributed by atoms with E-state index >= 15 is 0 Å². The van der Waals surface area contributed by atoms with E-state index in [2.05, 4.69) is 4.98 Å². The second-order valence-electron chi connectivity index (χ2n) is 4.93. The van der Waals surface area contributed by atoms with Crippen LogP contribution in [0.25, 0.3) is 0 Å². The number of methoxy groups -OCH3 is 1. The molecule has 1 aromatic carbocycles. The van der Waals surface area contributed by atoms with Gasteiger partial charge in [-0.1, -0.05) is 18.2 Å². The molecular weight excluding hydrogens is 332 g/mol. The summed E-state index contributed by atoms with van der Waals surface area (Å²) in [6, 6.07) is 10.4. The number of nitrogens with zero attached hydrogens (tertiary/aromatic N) is 1. The van der Waals surface area contributed by atoms with E-state index in [1.54, 1.807) is 19.2 Å². The maximum Gasteiger partial charge on any atom is 0.357 e. The van der Waals surface area contributed by atoms with Crippen LogP contribution >= 0.6 is 12.2 Å². The van der Waals surface area contributed by atoms with E-state index in [4.69, 9.17) is 26.4 Å². The van der Waals surface area contributed by atoms with Gasteiger partial charge in [0.25, 0.3) is 5.56 Å². The lowest BCUT2D eigenvalue weighted by Crippen LogP contribution is -2.31. The Morgan fingerprint density at radius 1 is 1.25 bits per heavy atom. The van der Waals surface area contributed by atoms with Crippen LogP contribution in [0.4, 0.5) is 0 Å². The molecule has 1 atom stereocenters. The van der Waals surface area contributed by atoms with E-state index in [0.29, 0.717) is 18.7 Å². The van der Waals surface area contributed by atoms with Crippen LogP contribution in [0.5, 0.6) is 5.75 Å². The fourth-order valence-electron chi connectivity index (χ4n) is 1.95. The average Bonchev–Trinajstić information content (AvgIpc) is 2.57. The third-order valence-corrected chi connectivity index (χ3v) is 3.45. The molecule has 2 aromatic rings. The molecule has 1 N–H and O–H groups in total. The molecule has 0 aliphatic heterocycles. The minimum Gasteiger partial charge on any atom is -0.454 e. The first-order valence-electron chi connectivity index (χ1n) is 7.30. The number of para-hydroxylation sites is 1. The van der Waals surface area contributed by atoms with Gasteiger partial charge in [-0.3, -0.25) is 9.78 Å². The Morgan fingerprint density at radius 2 is 2.00 bits per heavy atom. The monoisotopic (exact) mass is 350 g/mol. The number of hydrogen-bond acceptors (Lipinski definition) is 6. The van der Waals surface area contributed by atoms with E-state index < -0.39 is 11.2 Å². The van der Waals surface area contributed by atoms with Crippen LogP contribution in [0.15, 0.2) is 52.2 Å². The third kappa shape index (κ3) is 5.64. The van der Waals surface area contributed by atoms with Crippen molar-refractivity contribution < 1.29 is 14.2 Å². The second kappa shape index (κ2) is 8.99. The zero-order valence-corrected chi connectivity index (χ0v) is 14.0. The van der Waals surface area contributed by atoms with Crippen molar-refractivity contribution in [2.45, 2.75) is 19.1 Å². The molecule has 0 aliphatic rings. The van der Waals surface area contributed by atoms with Gasteiger partial charge in [-0.2, -0.15) is 0 Å². The zero-order valence-electron chi connectivity index (χ0n) is 13.1. The van der Waals surface area contributed by atoms with E-state index in [0.717, 1.165) is 0 Å². The highest BCUT2D eigenvalue weighted by atomic mass is 32.1. The third-order valence-electron chi connectivity index (χ3n) is 3.25. The summed E-state index contributed by atoms with van der Waals surface area (Å²) in [5.74, 6) is 0.594. The van der Waals surface area contributed by atoms with Crippen LogP contribution in [-0.4, -0.2) is 34.6 Å². The predicted octanol–water partition coefficient (Wildman–Crippen LogP) is 1.32. The van der Waals surface area contributed by atoms with E-state index in [9.17, 15) is 9.59 Å². The molecule has 0 amide bonds. The second-order valence-corrected chi connectivity index (χ2v) is 5.26. The molecule has 128 valence electrons. The molecule has 1 heterocycles. The molecule has 7 nitrogen and oxygen atoms in total. The largest absolute Gasteiger partial charge is 0.454 e. The maximum atomic E-state index is 11.6. The normalized spacial score (nSPS) is 11.7. The first-order chi connectivity index (χ1) is 11.6. The van der Waals surface area contributed by atoms with Gasteiger partial charge in [0.2, 0.25) is 0 Å². The number of aryl methyl sites for hydroxylation is 1. The number of aromatic nitrogens is 2. The van der Waals surface area contributed by atoms with Crippen LogP contribution in [0.3, 0.4) is 0 Å². The minimum absolute atomic E-state index is 0.00413. The quantitative estimate of drug-likeness (QED) is 0.759. The molecule has 0 bridgehead atoms. The Bertz CT molecular complexity index is 772. The number of aromatic amines is 1. The lowest BCUT2D eigenvalue weighted by Gasteiger charge is -2.17. The van der Waals surface area contributed by atoms with Crippen LogP contribution < -0.4 is 16.0 Å². The summed E-state index contributed by atoms with van der Waals surface area (Å²) in [6.45, 7) is 0.573. The van der Waals surface area contributed by atoms with E-state index in [1.165, 1.54) is 16.8 Å². The molecule has 1 unspecified atom stereocenters. The highest BCUT2D eigenvalue weighted by Crippen LogP contribution is 2.10. The van der Waals surface area contributed by atoms with Crippen LogP contribution in [0.2, 0.25) is 0 Å². The lowest BCUT2D eigenvalue weighted by molar-refractivity contribution is 0.0390. The molecule has 2 rings (SSSR count). The fourth-order valence-corrected chi connectivity index (χ4v) is 2.11. The number of H-pyrrole nitrogens is 1. The lowest BCUT2D eigenvalue weighted by atomic mass is 10.2. The molecule has 0 radical (unpaired) electrons. The predicted molar refractivity (Wildman–Crippen MR) is 92.4 cm³/mol. The summed E-state index contributed by atoms with van der Waals surface area (Å²) in [5, 5.41) is 0.00413. The smallest absolute Gasteiger partial charge is 0.357 e. The van der Waals surface area contributed by atoms with Crippen molar-refractivity contribution in [1.82, 2.24) is 9.55 Å². The van der Waals surface area contributed by atoms with Gasteiger partial charge < -0.3 is 18.8 Å². The first kappa shape index (κ1) is 17.9. The standard InChI is InChI=1S/C16H18N2O5S/c1-21-13(7-9-18-10-8-14(19)17-15(18)20)11-22-16(24)23-12-5-3-2-4-6-12/h2-6,8,10,13H,7,9,11H2,1H3,(H,17,19,20). The van der Waals surface area contributed by atoms with Crippen LogP contribution in [-0.2, 0) is 16.0 Å². The Kier molecular flexibility index (Phi) is 6.71. The number of thiocarbonyl (C=S) groups is 1. The van der Waals surface area contributed by atoms with Crippen molar-refractivity contribution >= 4 is 17.5 Å². The minimum atomic E-state index is -0.457. The van der Waals surface area contributed by atoms with Gasteiger partial charge >= 0.3 is 10.9 Å². The first-order valence-corrected chi connectivity index (χ1v) is 7.71. The Morgan fingerprint density at radius 3 is 2.67 bits per heavy atom. The topological polar surface area (TPSA) is 82.6 Å². The Hall–Kier alpha value is -2.45. The molecule has 0 saturated carbocycles. The Balaban J connectivity index is 1.80. The maximum absolute atomic E-state index is 11.6. The molecule has 24 heavy (non-hydrogen) atoms. The van der Waals surface area contributed by atoms with Gasteiger partial charge in [0.15, 0.2) is 0 Å². The van der Waals surface area contributed by atoms with Gasteiger partial charge in [0, 0.05) is 38.1 Å². The highest BCUT2D eigenvalue weighted by molar-refractivity contribution is 7.79. The van der Waals surface area contributed by atoms with Gasteiger partial charge in [0.1, 0.15) is 12.4 Å². The van der Waals surface area contributed by atoms with E-state index in [1.807, 2.05) is 18.2 Å². The summed E-state index contributed by atoms with van der Waals surface area (Å²) < 4.78 is 17.4. The molecule has 0 fully saturated rings. The molecular formula is C16H18N2O5S. The number of ether oxygens (including phenoxy) is 3.